The highest BCUT2D eigenvalue weighted by Crippen LogP contribution is 2.30. The first-order valence-corrected chi connectivity index (χ1v) is 8.79. The van der Waals surface area contributed by atoms with Crippen molar-refractivity contribution >= 4 is 17.3 Å². The molecule has 1 unspecified atom stereocenters. The summed E-state index contributed by atoms with van der Waals surface area (Å²) < 4.78 is 12.9. The average molecular weight is 370 g/mol. The molecule has 0 saturated heterocycles. The van der Waals surface area contributed by atoms with Crippen LogP contribution in [0, 0.1) is 0 Å². The Kier molecular flexibility index (Phi) is 4.49. The zero-order valence-corrected chi connectivity index (χ0v) is 15.2. The molecule has 1 amide bonds. The van der Waals surface area contributed by atoms with Gasteiger partial charge in [-0.25, -0.2) is 9.66 Å². The molecular formula is C18H22N6O3. The Balaban J connectivity index is 1.76. The Bertz CT molecular complexity index is 891. The monoisotopic (exact) mass is 370 g/mol. The van der Waals surface area contributed by atoms with Gasteiger partial charge in [-0.05, 0) is 24.6 Å². The number of hydrogen-bond acceptors (Lipinski definition) is 7. The van der Waals surface area contributed by atoms with Crippen molar-refractivity contribution < 1.29 is 14.3 Å². The van der Waals surface area contributed by atoms with Crippen LogP contribution in [-0.4, -0.2) is 49.0 Å². The van der Waals surface area contributed by atoms with Gasteiger partial charge in [0, 0.05) is 19.7 Å². The van der Waals surface area contributed by atoms with Crippen molar-refractivity contribution in [3.8, 4) is 11.5 Å². The predicted octanol–water partition coefficient (Wildman–Crippen LogP) is 0.960. The number of anilines is 1. The van der Waals surface area contributed by atoms with Crippen LogP contribution in [0.2, 0.25) is 0 Å². The summed E-state index contributed by atoms with van der Waals surface area (Å²) >= 11 is 0. The molecular weight excluding hydrogens is 348 g/mol. The average Bonchev–Trinajstić information content (AvgIpc) is 3.10. The second-order valence-corrected chi connectivity index (χ2v) is 6.20. The van der Waals surface area contributed by atoms with E-state index in [1.807, 2.05) is 31.3 Å². The van der Waals surface area contributed by atoms with E-state index in [0.29, 0.717) is 36.8 Å². The number of methoxy groups -OCH3 is 1. The van der Waals surface area contributed by atoms with Gasteiger partial charge in [-0.3, -0.25) is 10.2 Å². The van der Waals surface area contributed by atoms with Crippen molar-refractivity contribution in [2.24, 2.45) is 0 Å². The summed E-state index contributed by atoms with van der Waals surface area (Å²) in [6.07, 6.45) is 3.92. The van der Waals surface area contributed by atoms with E-state index in [-0.39, 0.29) is 12.1 Å². The molecule has 4 bridgehead atoms. The first-order chi connectivity index (χ1) is 13.2. The lowest BCUT2D eigenvalue weighted by atomic mass is 10.2. The van der Waals surface area contributed by atoms with E-state index in [1.54, 1.807) is 18.0 Å². The lowest BCUT2D eigenvalue weighted by Crippen LogP contribution is -2.41. The van der Waals surface area contributed by atoms with Crippen molar-refractivity contribution in [3.63, 3.8) is 0 Å². The first kappa shape index (κ1) is 17.1. The molecule has 27 heavy (non-hydrogen) atoms. The first-order valence-electron chi connectivity index (χ1n) is 8.79. The van der Waals surface area contributed by atoms with Crippen molar-refractivity contribution in [2.45, 2.75) is 12.6 Å². The topological polar surface area (TPSA) is 101 Å². The molecule has 1 atom stereocenters. The fourth-order valence-corrected chi connectivity index (χ4v) is 3.13. The SMILES string of the molecule is CNC1=CC2Nc3cc(ccc3OC)OCCCNC(=O)c3cnc1n3N2. The summed E-state index contributed by atoms with van der Waals surface area (Å²) in [7, 11) is 3.44. The van der Waals surface area contributed by atoms with Crippen LogP contribution in [0.1, 0.15) is 22.7 Å². The molecule has 0 fully saturated rings. The highest BCUT2D eigenvalue weighted by molar-refractivity contribution is 5.93. The third kappa shape index (κ3) is 3.23. The van der Waals surface area contributed by atoms with Gasteiger partial charge >= 0.3 is 0 Å². The van der Waals surface area contributed by atoms with E-state index in [9.17, 15) is 4.79 Å². The lowest BCUT2D eigenvalue weighted by Gasteiger charge is -2.28. The van der Waals surface area contributed by atoms with Crippen LogP contribution in [0.15, 0.2) is 30.5 Å². The zero-order valence-electron chi connectivity index (χ0n) is 15.2. The van der Waals surface area contributed by atoms with E-state index in [0.717, 1.165) is 17.1 Å². The molecule has 3 heterocycles. The quantitative estimate of drug-likeness (QED) is 0.625. The van der Waals surface area contributed by atoms with Crippen LogP contribution in [0.4, 0.5) is 5.69 Å². The summed E-state index contributed by atoms with van der Waals surface area (Å²) in [6.45, 7) is 1.01. The molecule has 4 N–H and O–H groups in total. The lowest BCUT2D eigenvalue weighted by molar-refractivity contribution is 0.0943. The largest absolute Gasteiger partial charge is 0.495 e. The number of benzene rings is 1. The third-order valence-electron chi connectivity index (χ3n) is 4.46. The van der Waals surface area contributed by atoms with Crippen molar-refractivity contribution in [2.75, 3.05) is 38.1 Å². The van der Waals surface area contributed by atoms with Crippen LogP contribution >= 0.6 is 0 Å². The number of fused-ring (bicyclic) bond motifs is 3. The molecule has 0 aliphatic carbocycles. The number of carbonyl (C=O) groups excluding carboxylic acids is 1. The number of nitrogens with zero attached hydrogens (tertiary/aromatic N) is 2. The van der Waals surface area contributed by atoms with Gasteiger partial charge in [0.1, 0.15) is 23.4 Å². The van der Waals surface area contributed by atoms with Crippen LogP contribution in [0.3, 0.4) is 0 Å². The van der Waals surface area contributed by atoms with Crippen LogP contribution in [0.5, 0.6) is 11.5 Å². The highest BCUT2D eigenvalue weighted by atomic mass is 16.5. The molecule has 9 nitrogen and oxygen atoms in total. The molecule has 0 spiro atoms. The Morgan fingerprint density at radius 1 is 1.41 bits per heavy atom. The van der Waals surface area contributed by atoms with E-state index >= 15 is 0 Å². The van der Waals surface area contributed by atoms with Crippen LogP contribution in [0.25, 0.3) is 5.70 Å². The number of rotatable bonds is 2. The smallest absolute Gasteiger partial charge is 0.271 e. The molecule has 2 aliphatic rings. The van der Waals surface area contributed by atoms with Gasteiger partial charge in [0.2, 0.25) is 0 Å². The minimum absolute atomic E-state index is 0.189. The van der Waals surface area contributed by atoms with Crippen molar-refractivity contribution in [1.82, 2.24) is 20.3 Å². The van der Waals surface area contributed by atoms with E-state index in [4.69, 9.17) is 9.47 Å². The van der Waals surface area contributed by atoms with Crippen LogP contribution < -0.4 is 30.8 Å². The number of ether oxygens (including phenoxy) is 2. The van der Waals surface area contributed by atoms with Gasteiger partial charge in [-0.15, -0.1) is 0 Å². The fourth-order valence-electron chi connectivity index (χ4n) is 3.13. The molecule has 1 aromatic carbocycles. The molecule has 2 aromatic rings. The highest BCUT2D eigenvalue weighted by Gasteiger charge is 2.25. The van der Waals surface area contributed by atoms with E-state index in [1.165, 1.54) is 0 Å². The molecule has 0 saturated carbocycles. The van der Waals surface area contributed by atoms with E-state index in [2.05, 4.69) is 26.4 Å². The van der Waals surface area contributed by atoms with Crippen LogP contribution in [-0.2, 0) is 0 Å². The standard InChI is InChI=1S/C18H22N6O3/c1-19-13-9-16-22-12-8-11(4-5-15(12)26-2)27-7-3-6-20-18(25)14-10-21-17(13)24(14)23-16/h4-5,8-10,16,19,22-23H,3,6-7H2,1-2H3,(H,20,25). The maximum Gasteiger partial charge on any atom is 0.271 e. The Morgan fingerprint density at radius 3 is 3.11 bits per heavy atom. The maximum absolute atomic E-state index is 12.5. The van der Waals surface area contributed by atoms with Crippen molar-refractivity contribution in [1.29, 1.82) is 0 Å². The normalized spacial score (nSPS) is 18.7. The van der Waals surface area contributed by atoms with Gasteiger partial charge in [0.05, 0.1) is 31.3 Å². The van der Waals surface area contributed by atoms with E-state index < -0.39 is 0 Å². The van der Waals surface area contributed by atoms with Gasteiger partial charge in [0.15, 0.2) is 5.82 Å². The molecule has 9 heteroatoms. The number of aromatic nitrogens is 2. The summed E-state index contributed by atoms with van der Waals surface area (Å²) in [5, 5.41) is 9.42. The minimum Gasteiger partial charge on any atom is -0.495 e. The maximum atomic E-state index is 12.5. The number of amides is 1. The number of hydrogen-bond donors (Lipinski definition) is 4. The second kappa shape index (κ2) is 7.10. The van der Waals surface area contributed by atoms with Gasteiger partial charge in [0.25, 0.3) is 5.91 Å². The second-order valence-electron chi connectivity index (χ2n) is 6.20. The third-order valence-corrected chi connectivity index (χ3v) is 4.46. The summed E-state index contributed by atoms with van der Waals surface area (Å²) in [6, 6.07) is 5.64. The summed E-state index contributed by atoms with van der Waals surface area (Å²) in [5.41, 5.74) is 5.31. The van der Waals surface area contributed by atoms with Crippen molar-refractivity contribution in [3.05, 3.63) is 42.0 Å². The molecule has 1 aromatic heterocycles. The number of nitrogens with one attached hydrogen (secondary N) is 4. The van der Waals surface area contributed by atoms with Gasteiger partial charge in [-0.1, -0.05) is 0 Å². The van der Waals surface area contributed by atoms with Gasteiger partial charge in [-0.2, -0.15) is 0 Å². The Morgan fingerprint density at radius 2 is 2.30 bits per heavy atom. The predicted molar refractivity (Wildman–Crippen MR) is 101 cm³/mol. The fraction of sp³-hybridized carbons (Fsp3) is 0.333. The molecule has 2 aliphatic heterocycles. The molecule has 142 valence electrons. The Hall–Kier alpha value is -3.36. The number of carbonyl (C=O) groups is 1. The number of imidazole rings is 1. The van der Waals surface area contributed by atoms with Gasteiger partial charge < -0.3 is 25.4 Å². The molecule has 4 rings (SSSR count). The molecule has 0 radical (unpaired) electrons. The zero-order chi connectivity index (χ0) is 18.8. The Labute approximate surface area is 156 Å². The minimum atomic E-state index is -0.298. The summed E-state index contributed by atoms with van der Waals surface area (Å²) in [5.74, 6) is 1.90. The summed E-state index contributed by atoms with van der Waals surface area (Å²) in [4.78, 5) is 16.9.